The summed E-state index contributed by atoms with van der Waals surface area (Å²) in [6, 6.07) is 8.40. The third-order valence-corrected chi connectivity index (χ3v) is 6.04. The van der Waals surface area contributed by atoms with Gasteiger partial charge in [0.25, 0.3) is 5.91 Å². The smallest absolute Gasteiger partial charge is 0.416 e. The summed E-state index contributed by atoms with van der Waals surface area (Å²) >= 11 is 0. The van der Waals surface area contributed by atoms with Crippen molar-refractivity contribution in [2.24, 2.45) is 11.6 Å². The third kappa shape index (κ3) is 7.30. The van der Waals surface area contributed by atoms with Crippen molar-refractivity contribution in [2.75, 3.05) is 37.6 Å². The lowest BCUT2D eigenvalue weighted by Crippen LogP contribution is -2.28. The van der Waals surface area contributed by atoms with Gasteiger partial charge in [-0.25, -0.2) is 5.84 Å². The first-order valence-electron chi connectivity index (χ1n) is 11.9. The van der Waals surface area contributed by atoms with Crippen LogP contribution in [0.4, 0.5) is 24.5 Å². The van der Waals surface area contributed by atoms with Gasteiger partial charge in [0, 0.05) is 35.8 Å². The number of carbonyl (C=O) groups is 1. The third-order valence-electron chi connectivity index (χ3n) is 6.04. The van der Waals surface area contributed by atoms with E-state index in [2.05, 4.69) is 10.6 Å². The molecule has 0 aliphatic carbocycles. The number of benzene rings is 2. The minimum Gasteiger partial charge on any atom is -0.499 e. The van der Waals surface area contributed by atoms with Gasteiger partial charge in [-0.1, -0.05) is 13.0 Å². The molecule has 2 aromatic rings. The molecule has 3 rings (SSSR count). The number of nitrogens with one attached hydrogen (secondary N) is 2. The lowest BCUT2D eigenvalue weighted by Gasteiger charge is -2.20. The maximum absolute atomic E-state index is 13.5. The van der Waals surface area contributed by atoms with Gasteiger partial charge in [0.1, 0.15) is 5.76 Å². The van der Waals surface area contributed by atoms with Crippen LogP contribution in [0.25, 0.3) is 0 Å². The summed E-state index contributed by atoms with van der Waals surface area (Å²) in [5, 5.41) is 6.95. The standard InChI is InChI=1S/C27H33F3N6O2/c1-5-35(3)15-18-8-21(27(28,29)30)12-22(9-18)34-26(37)19-7-6-17(2)25(11-19)36(32)16-24(31)20-10-23(38-4)14-33-13-20/h6-13,16,33H,5,14-15,31-32H2,1-4H3,(H,34,37)/b24-16-. The summed E-state index contributed by atoms with van der Waals surface area (Å²) in [4.78, 5) is 14.9. The molecule has 0 unspecified atom stereocenters. The number of methoxy groups -OCH3 is 1. The van der Waals surface area contributed by atoms with Gasteiger partial charge in [0.2, 0.25) is 0 Å². The van der Waals surface area contributed by atoms with Crippen LogP contribution in [0.15, 0.2) is 71.9 Å². The molecule has 0 atom stereocenters. The first kappa shape index (κ1) is 28.6. The van der Waals surface area contributed by atoms with Crippen LogP contribution >= 0.6 is 0 Å². The Bertz CT molecular complexity index is 1270. The van der Waals surface area contributed by atoms with Crippen molar-refractivity contribution >= 4 is 17.3 Å². The average Bonchev–Trinajstić information content (AvgIpc) is 2.88. The predicted molar refractivity (Wildman–Crippen MR) is 143 cm³/mol. The van der Waals surface area contributed by atoms with E-state index in [1.165, 1.54) is 11.2 Å². The van der Waals surface area contributed by atoms with Crippen molar-refractivity contribution in [3.8, 4) is 0 Å². The molecule has 1 aliphatic rings. The SMILES string of the molecule is CCN(C)Cc1cc(NC(=O)c2ccc(C)c(N(N)/C=C(\N)C3=CNCC(OC)=C3)c2)cc(C(F)(F)F)c1. The summed E-state index contributed by atoms with van der Waals surface area (Å²) < 4.78 is 45.8. The first-order valence-corrected chi connectivity index (χ1v) is 11.9. The Balaban J connectivity index is 1.86. The van der Waals surface area contributed by atoms with Gasteiger partial charge in [-0.15, -0.1) is 0 Å². The van der Waals surface area contributed by atoms with Crippen LogP contribution in [0.3, 0.4) is 0 Å². The van der Waals surface area contributed by atoms with E-state index in [1.54, 1.807) is 50.7 Å². The normalized spacial score (nSPS) is 14.0. The van der Waals surface area contributed by atoms with Crippen LogP contribution in [0, 0.1) is 6.92 Å². The van der Waals surface area contributed by atoms with Crippen LogP contribution in [0.5, 0.6) is 0 Å². The molecule has 204 valence electrons. The molecule has 0 fully saturated rings. The zero-order chi connectivity index (χ0) is 28.0. The summed E-state index contributed by atoms with van der Waals surface area (Å²) in [5.74, 6) is 6.39. The molecule has 0 bridgehead atoms. The summed E-state index contributed by atoms with van der Waals surface area (Å²) in [7, 11) is 3.37. The summed E-state index contributed by atoms with van der Waals surface area (Å²) in [6.07, 6.45) is 0.483. The number of allylic oxidation sites excluding steroid dienone is 1. The number of anilines is 2. The number of hydrogen-bond acceptors (Lipinski definition) is 7. The Labute approximate surface area is 220 Å². The van der Waals surface area contributed by atoms with Gasteiger partial charge in [0.05, 0.1) is 30.6 Å². The first-order chi connectivity index (χ1) is 17.9. The molecule has 0 radical (unpaired) electrons. The number of hydrazine groups is 1. The molecule has 2 aromatic carbocycles. The second kappa shape index (κ2) is 12.1. The Hall–Kier alpha value is -3.96. The van der Waals surface area contributed by atoms with Crippen molar-refractivity contribution in [1.82, 2.24) is 10.2 Å². The number of alkyl halides is 3. The van der Waals surface area contributed by atoms with Crippen LogP contribution in [0.1, 0.15) is 34.0 Å². The van der Waals surface area contributed by atoms with Gasteiger partial charge in [0.15, 0.2) is 0 Å². The number of ether oxygens (including phenoxy) is 1. The number of rotatable bonds is 9. The Morgan fingerprint density at radius 3 is 2.63 bits per heavy atom. The number of carbonyl (C=O) groups excluding carboxylic acids is 1. The van der Waals surface area contributed by atoms with Crippen LogP contribution in [0.2, 0.25) is 0 Å². The number of aryl methyl sites for hydroxylation is 1. The minimum absolute atomic E-state index is 0.0534. The molecule has 1 heterocycles. The van der Waals surface area contributed by atoms with Crippen molar-refractivity contribution in [2.45, 2.75) is 26.6 Å². The lowest BCUT2D eigenvalue weighted by molar-refractivity contribution is -0.137. The second-order valence-corrected chi connectivity index (χ2v) is 8.99. The fourth-order valence-corrected chi connectivity index (χ4v) is 3.79. The molecule has 8 nitrogen and oxygen atoms in total. The Kier molecular flexibility index (Phi) is 9.08. The maximum Gasteiger partial charge on any atom is 0.416 e. The van der Waals surface area contributed by atoms with Gasteiger partial charge in [-0.05, 0) is 68.1 Å². The van der Waals surface area contributed by atoms with Crippen molar-refractivity contribution in [1.29, 1.82) is 0 Å². The number of dihydropyridines is 1. The van der Waals surface area contributed by atoms with E-state index < -0.39 is 17.6 Å². The highest BCUT2D eigenvalue weighted by atomic mass is 19.4. The number of halogens is 3. The van der Waals surface area contributed by atoms with E-state index in [-0.39, 0.29) is 11.3 Å². The Morgan fingerprint density at radius 1 is 1.24 bits per heavy atom. The second-order valence-electron chi connectivity index (χ2n) is 8.99. The van der Waals surface area contributed by atoms with Gasteiger partial charge >= 0.3 is 6.18 Å². The van der Waals surface area contributed by atoms with E-state index in [1.807, 2.05) is 18.7 Å². The monoisotopic (exact) mass is 530 g/mol. The van der Waals surface area contributed by atoms with Gasteiger partial charge in [-0.3, -0.25) is 9.80 Å². The van der Waals surface area contributed by atoms with Crippen molar-refractivity contribution < 1.29 is 22.7 Å². The molecule has 0 saturated heterocycles. The molecule has 38 heavy (non-hydrogen) atoms. The highest BCUT2D eigenvalue weighted by molar-refractivity contribution is 6.05. The highest BCUT2D eigenvalue weighted by Gasteiger charge is 2.31. The maximum atomic E-state index is 13.5. The molecule has 1 amide bonds. The van der Waals surface area contributed by atoms with Crippen molar-refractivity contribution in [3.63, 3.8) is 0 Å². The molecule has 11 heteroatoms. The lowest BCUT2D eigenvalue weighted by atomic mass is 10.1. The van der Waals surface area contributed by atoms with Crippen LogP contribution < -0.4 is 27.2 Å². The number of hydrogen-bond donors (Lipinski definition) is 4. The molecule has 6 N–H and O–H groups in total. The Morgan fingerprint density at radius 2 is 1.97 bits per heavy atom. The predicted octanol–water partition coefficient (Wildman–Crippen LogP) is 4.22. The zero-order valence-corrected chi connectivity index (χ0v) is 21.8. The van der Waals surface area contributed by atoms with E-state index in [0.29, 0.717) is 47.9 Å². The molecule has 0 spiro atoms. The number of nitrogens with zero attached hydrogens (tertiary/aromatic N) is 2. The van der Waals surface area contributed by atoms with Crippen LogP contribution in [-0.2, 0) is 17.5 Å². The number of amides is 1. The van der Waals surface area contributed by atoms with Gasteiger partial charge in [-0.2, -0.15) is 13.2 Å². The summed E-state index contributed by atoms with van der Waals surface area (Å²) in [5.41, 5.74) is 8.39. The van der Waals surface area contributed by atoms with E-state index in [0.717, 1.165) is 17.7 Å². The molecule has 1 aliphatic heterocycles. The molecule has 0 aromatic heterocycles. The van der Waals surface area contributed by atoms with E-state index >= 15 is 0 Å². The highest BCUT2D eigenvalue weighted by Crippen LogP contribution is 2.32. The fourth-order valence-electron chi connectivity index (χ4n) is 3.79. The van der Waals surface area contributed by atoms with Gasteiger partial charge < -0.3 is 26.0 Å². The molecule has 0 saturated carbocycles. The molecular formula is C27H33F3N6O2. The largest absolute Gasteiger partial charge is 0.499 e. The number of nitrogens with two attached hydrogens (primary N) is 2. The summed E-state index contributed by atoms with van der Waals surface area (Å²) in [6.45, 7) is 5.23. The minimum atomic E-state index is -4.55. The van der Waals surface area contributed by atoms with Crippen molar-refractivity contribution in [3.05, 3.63) is 94.2 Å². The molecular weight excluding hydrogens is 497 g/mol. The quantitative estimate of drug-likeness (QED) is 0.284. The van der Waals surface area contributed by atoms with Crippen LogP contribution in [-0.4, -0.2) is 38.1 Å². The topological polar surface area (TPSA) is 109 Å². The van der Waals surface area contributed by atoms with E-state index in [4.69, 9.17) is 16.3 Å². The zero-order valence-electron chi connectivity index (χ0n) is 21.8. The average molecular weight is 531 g/mol. The fraction of sp³-hybridized carbons (Fsp3) is 0.296. The van der Waals surface area contributed by atoms with E-state index in [9.17, 15) is 18.0 Å².